The molecule has 0 saturated heterocycles. The van der Waals surface area contributed by atoms with Crippen LogP contribution in [0.5, 0.6) is 11.5 Å². The zero-order valence-electron chi connectivity index (χ0n) is 13.2. The minimum absolute atomic E-state index is 0.188. The van der Waals surface area contributed by atoms with Crippen LogP contribution in [0.4, 0.5) is 0 Å². The second-order valence-corrected chi connectivity index (χ2v) is 5.21. The SMILES string of the molecule is COc1ccc(CNC(=O)COC(=O)c2cc(Cl)c[nH]2)cc1OC. The highest BCUT2D eigenvalue weighted by molar-refractivity contribution is 6.30. The number of carbonyl (C=O) groups is 2. The van der Waals surface area contributed by atoms with Gasteiger partial charge < -0.3 is 24.5 Å². The lowest BCUT2D eigenvalue weighted by molar-refractivity contribution is -0.124. The second-order valence-electron chi connectivity index (χ2n) is 4.77. The average molecular weight is 353 g/mol. The van der Waals surface area contributed by atoms with E-state index in [0.29, 0.717) is 16.5 Å². The first kappa shape index (κ1) is 17.7. The minimum Gasteiger partial charge on any atom is -0.493 e. The number of rotatable bonds is 7. The van der Waals surface area contributed by atoms with Gasteiger partial charge in [0.25, 0.3) is 5.91 Å². The summed E-state index contributed by atoms with van der Waals surface area (Å²) < 4.78 is 15.2. The van der Waals surface area contributed by atoms with Crippen LogP contribution in [0, 0.1) is 0 Å². The first-order valence-electron chi connectivity index (χ1n) is 7.02. The first-order valence-corrected chi connectivity index (χ1v) is 7.40. The van der Waals surface area contributed by atoms with Gasteiger partial charge in [-0.3, -0.25) is 4.79 Å². The van der Waals surface area contributed by atoms with Crippen molar-refractivity contribution in [3.8, 4) is 11.5 Å². The standard InChI is InChI=1S/C16H17ClN2O5/c1-22-13-4-3-10(5-14(13)23-2)7-19-15(20)9-24-16(21)12-6-11(17)8-18-12/h3-6,8,18H,7,9H2,1-2H3,(H,19,20). The van der Waals surface area contributed by atoms with Gasteiger partial charge in [-0.05, 0) is 23.8 Å². The molecule has 1 aromatic carbocycles. The fourth-order valence-corrected chi connectivity index (χ4v) is 2.10. The molecule has 0 spiro atoms. The molecule has 0 unspecified atom stereocenters. The summed E-state index contributed by atoms with van der Waals surface area (Å²) in [7, 11) is 3.08. The van der Waals surface area contributed by atoms with Crippen molar-refractivity contribution in [2.45, 2.75) is 6.54 Å². The molecule has 8 heteroatoms. The molecule has 2 aromatic rings. The first-order chi connectivity index (χ1) is 11.5. The van der Waals surface area contributed by atoms with Crippen LogP contribution in [0.1, 0.15) is 16.1 Å². The van der Waals surface area contributed by atoms with E-state index in [1.807, 2.05) is 0 Å². The van der Waals surface area contributed by atoms with Crippen LogP contribution in [0.15, 0.2) is 30.5 Å². The van der Waals surface area contributed by atoms with Crippen molar-refractivity contribution in [3.05, 3.63) is 46.7 Å². The van der Waals surface area contributed by atoms with Crippen LogP contribution in [-0.4, -0.2) is 37.7 Å². The summed E-state index contributed by atoms with van der Waals surface area (Å²) in [4.78, 5) is 26.1. The monoisotopic (exact) mass is 352 g/mol. The Hall–Kier alpha value is -2.67. The number of esters is 1. The van der Waals surface area contributed by atoms with Gasteiger partial charge in [0.2, 0.25) is 0 Å². The normalized spacial score (nSPS) is 10.1. The van der Waals surface area contributed by atoms with Crippen molar-refractivity contribution in [2.75, 3.05) is 20.8 Å². The van der Waals surface area contributed by atoms with E-state index in [0.717, 1.165) is 5.56 Å². The van der Waals surface area contributed by atoms with Crippen molar-refractivity contribution in [2.24, 2.45) is 0 Å². The Kier molecular flexibility index (Phi) is 6.08. The summed E-state index contributed by atoms with van der Waals surface area (Å²) >= 11 is 5.69. The zero-order chi connectivity index (χ0) is 17.5. The molecule has 1 amide bonds. The molecule has 2 N–H and O–H groups in total. The third kappa shape index (κ3) is 4.66. The van der Waals surface area contributed by atoms with Crippen LogP contribution in [0.25, 0.3) is 0 Å². The van der Waals surface area contributed by atoms with E-state index in [4.69, 9.17) is 25.8 Å². The van der Waals surface area contributed by atoms with Crippen molar-refractivity contribution in [3.63, 3.8) is 0 Å². The molecule has 0 aliphatic carbocycles. The van der Waals surface area contributed by atoms with Crippen LogP contribution in [0.3, 0.4) is 0 Å². The Morgan fingerprint density at radius 1 is 1.17 bits per heavy atom. The summed E-state index contributed by atoms with van der Waals surface area (Å²) in [5.41, 5.74) is 1.01. The topological polar surface area (TPSA) is 89.6 Å². The maximum atomic E-state index is 11.8. The third-order valence-corrected chi connectivity index (χ3v) is 3.36. The number of benzene rings is 1. The zero-order valence-corrected chi connectivity index (χ0v) is 14.0. The number of aromatic nitrogens is 1. The summed E-state index contributed by atoms with van der Waals surface area (Å²) in [6, 6.07) is 6.72. The van der Waals surface area contributed by atoms with Gasteiger partial charge in [-0.2, -0.15) is 0 Å². The highest BCUT2D eigenvalue weighted by Gasteiger charge is 2.12. The number of nitrogens with one attached hydrogen (secondary N) is 2. The molecule has 0 radical (unpaired) electrons. The van der Waals surface area contributed by atoms with E-state index >= 15 is 0 Å². The highest BCUT2D eigenvalue weighted by Crippen LogP contribution is 2.27. The number of H-pyrrole nitrogens is 1. The lowest BCUT2D eigenvalue weighted by Crippen LogP contribution is -2.28. The van der Waals surface area contributed by atoms with Gasteiger partial charge in [0.05, 0.1) is 19.2 Å². The smallest absolute Gasteiger partial charge is 0.355 e. The van der Waals surface area contributed by atoms with E-state index in [1.165, 1.54) is 19.4 Å². The van der Waals surface area contributed by atoms with E-state index in [-0.39, 0.29) is 18.8 Å². The van der Waals surface area contributed by atoms with Gasteiger partial charge in [-0.15, -0.1) is 0 Å². The van der Waals surface area contributed by atoms with E-state index in [1.54, 1.807) is 25.3 Å². The molecular formula is C16H17ClN2O5. The summed E-state index contributed by atoms with van der Waals surface area (Å²) in [6.07, 6.45) is 1.45. The number of amides is 1. The number of hydrogen-bond acceptors (Lipinski definition) is 5. The van der Waals surface area contributed by atoms with Crippen molar-refractivity contribution in [1.29, 1.82) is 0 Å². The third-order valence-electron chi connectivity index (χ3n) is 3.14. The van der Waals surface area contributed by atoms with Gasteiger partial charge >= 0.3 is 5.97 Å². The second kappa shape index (κ2) is 8.26. The largest absolute Gasteiger partial charge is 0.493 e. The van der Waals surface area contributed by atoms with Crippen molar-refractivity contribution in [1.82, 2.24) is 10.3 Å². The van der Waals surface area contributed by atoms with Crippen LogP contribution < -0.4 is 14.8 Å². The molecule has 0 atom stereocenters. The van der Waals surface area contributed by atoms with E-state index in [2.05, 4.69) is 10.3 Å². The predicted octanol–water partition coefficient (Wildman–Crippen LogP) is 2.16. The number of ether oxygens (including phenoxy) is 3. The number of carbonyl (C=O) groups excluding carboxylic acids is 2. The van der Waals surface area contributed by atoms with Crippen LogP contribution in [-0.2, 0) is 16.1 Å². The molecule has 24 heavy (non-hydrogen) atoms. The average Bonchev–Trinajstić information content (AvgIpc) is 3.04. The lowest BCUT2D eigenvalue weighted by atomic mass is 10.2. The van der Waals surface area contributed by atoms with Crippen LogP contribution in [0.2, 0.25) is 5.02 Å². The van der Waals surface area contributed by atoms with Gasteiger partial charge in [0.1, 0.15) is 5.69 Å². The molecule has 0 bridgehead atoms. The lowest BCUT2D eigenvalue weighted by Gasteiger charge is -2.10. The molecule has 1 aromatic heterocycles. The molecule has 0 saturated carbocycles. The molecule has 0 fully saturated rings. The number of halogens is 1. The van der Waals surface area contributed by atoms with Crippen LogP contribution >= 0.6 is 11.6 Å². The molecule has 0 aliphatic heterocycles. The van der Waals surface area contributed by atoms with E-state index < -0.39 is 11.9 Å². The highest BCUT2D eigenvalue weighted by atomic mass is 35.5. The number of hydrogen-bond donors (Lipinski definition) is 2. The molecule has 7 nitrogen and oxygen atoms in total. The summed E-state index contributed by atoms with van der Waals surface area (Å²) in [5.74, 6) is 0.101. The maximum Gasteiger partial charge on any atom is 0.355 e. The fraction of sp³-hybridized carbons (Fsp3) is 0.250. The molecule has 1 heterocycles. The number of methoxy groups -OCH3 is 2. The van der Waals surface area contributed by atoms with Gasteiger partial charge in [0, 0.05) is 12.7 Å². The number of aromatic amines is 1. The molecular weight excluding hydrogens is 336 g/mol. The fourth-order valence-electron chi connectivity index (χ4n) is 1.94. The molecule has 0 aliphatic rings. The summed E-state index contributed by atoms with van der Waals surface area (Å²) in [5, 5.41) is 3.04. The van der Waals surface area contributed by atoms with Gasteiger partial charge in [-0.25, -0.2) is 4.79 Å². The molecule has 128 valence electrons. The Morgan fingerprint density at radius 3 is 2.54 bits per heavy atom. The van der Waals surface area contributed by atoms with Crippen molar-refractivity contribution < 1.29 is 23.8 Å². The quantitative estimate of drug-likeness (QED) is 0.745. The van der Waals surface area contributed by atoms with E-state index in [9.17, 15) is 9.59 Å². The Bertz CT molecular complexity index is 729. The predicted molar refractivity (Wildman–Crippen MR) is 87.5 cm³/mol. The minimum atomic E-state index is -0.650. The molecule has 2 rings (SSSR count). The Balaban J connectivity index is 1.82. The Morgan fingerprint density at radius 2 is 1.92 bits per heavy atom. The maximum absolute atomic E-state index is 11.8. The Labute approximate surface area is 143 Å². The summed E-state index contributed by atoms with van der Waals surface area (Å²) in [6.45, 7) is -0.117. The van der Waals surface area contributed by atoms with Gasteiger partial charge in [-0.1, -0.05) is 17.7 Å². The van der Waals surface area contributed by atoms with Gasteiger partial charge in [0.15, 0.2) is 18.1 Å². The van der Waals surface area contributed by atoms with Crippen molar-refractivity contribution >= 4 is 23.5 Å².